The van der Waals surface area contributed by atoms with Gasteiger partial charge in [-0.2, -0.15) is 11.3 Å². The molecular formula is C10H11NO2S. The second-order valence-electron chi connectivity index (χ2n) is 2.74. The van der Waals surface area contributed by atoms with Crippen molar-refractivity contribution in [3.8, 4) is 0 Å². The van der Waals surface area contributed by atoms with Gasteiger partial charge < -0.3 is 5.32 Å². The molecule has 0 aliphatic rings. The molecule has 1 N–H and O–H groups in total. The van der Waals surface area contributed by atoms with Crippen LogP contribution >= 0.6 is 11.3 Å². The summed E-state index contributed by atoms with van der Waals surface area (Å²) >= 11 is 1.49. The largest absolute Gasteiger partial charge is 0.353 e. The van der Waals surface area contributed by atoms with Gasteiger partial charge in [-0.1, -0.05) is 12.2 Å². The highest BCUT2D eigenvalue weighted by atomic mass is 32.1. The molecule has 0 aliphatic carbocycles. The lowest BCUT2D eigenvalue weighted by Gasteiger charge is -1.94. The van der Waals surface area contributed by atoms with Gasteiger partial charge in [-0.25, -0.2) is 0 Å². The van der Waals surface area contributed by atoms with Crippen LogP contribution in [0.5, 0.6) is 0 Å². The third-order valence-electron chi connectivity index (χ3n) is 1.62. The summed E-state index contributed by atoms with van der Waals surface area (Å²) in [6, 6.07) is 0. The van der Waals surface area contributed by atoms with Crippen molar-refractivity contribution in [2.24, 2.45) is 0 Å². The molecule has 1 amide bonds. The number of hydrogen-bond donors (Lipinski definition) is 1. The number of nitrogens with one attached hydrogen (secondary N) is 1. The first-order valence-corrected chi connectivity index (χ1v) is 5.10. The zero-order valence-corrected chi connectivity index (χ0v) is 8.64. The second kappa shape index (κ2) is 5.34. The van der Waals surface area contributed by atoms with E-state index in [1.54, 1.807) is 5.38 Å². The molecule has 0 unspecified atom stereocenters. The number of aldehydes is 1. The summed E-state index contributed by atoms with van der Waals surface area (Å²) in [5.41, 5.74) is 1.59. The van der Waals surface area contributed by atoms with E-state index in [2.05, 4.69) is 5.32 Å². The molecule has 0 aromatic carbocycles. The summed E-state index contributed by atoms with van der Waals surface area (Å²) in [5, 5.41) is 6.33. The van der Waals surface area contributed by atoms with E-state index in [1.165, 1.54) is 18.3 Å². The molecule has 1 aromatic rings. The highest BCUT2D eigenvalue weighted by Crippen LogP contribution is 2.14. The summed E-state index contributed by atoms with van der Waals surface area (Å²) in [7, 11) is 0. The average Bonchev–Trinajstić information content (AvgIpc) is 2.59. The fourth-order valence-corrected chi connectivity index (χ4v) is 1.70. The average molecular weight is 209 g/mol. The monoisotopic (exact) mass is 209 g/mol. The molecule has 0 fully saturated rings. The maximum atomic E-state index is 10.5. The van der Waals surface area contributed by atoms with Gasteiger partial charge in [0.25, 0.3) is 0 Å². The molecule has 0 aliphatic heterocycles. The molecule has 0 spiro atoms. The third kappa shape index (κ3) is 3.14. The van der Waals surface area contributed by atoms with E-state index in [0.717, 1.165) is 11.8 Å². The Bertz CT molecular complexity index is 355. The minimum atomic E-state index is -0.0596. The molecule has 0 saturated heterocycles. The summed E-state index contributed by atoms with van der Waals surface area (Å²) in [4.78, 5) is 21.1. The first-order chi connectivity index (χ1) is 6.74. The number of carbonyl (C=O) groups is 2. The smallest absolute Gasteiger partial charge is 0.217 e. The Morgan fingerprint density at radius 3 is 2.86 bits per heavy atom. The standard InChI is InChI=1S/C10H11NO2S/c1-8(13)11-4-2-3-9-6-14-7-10(9)5-12/h2-3,5-7H,4H2,1H3,(H,11,13). The Labute approximate surface area is 86.4 Å². The quantitative estimate of drug-likeness (QED) is 0.767. The predicted octanol–water partition coefficient (Wildman–Crippen LogP) is 1.71. The molecule has 74 valence electrons. The molecule has 14 heavy (non-hydrogen) atoms. The Morgan fingerprint density at radius 1 is 1.50 bits per heavy atom. The van der Waals surface area contributed by atoms with Crippen molar-refractivity contribution in [3.05, 3.63) is 28.0 Å². The van der Waals surface area contributed by atoms with Crippen molar-refractivity contribution in [1.82, 2.24) is 5.32 Å². The zero-order valence-electron chi connectivity index (χ0n) is 7.82. The minimum Gasteiger partial charge on any atom is -0.353 e. The summed E-state index contributed by atoms with van der Waals surface area (Å²) in [6.45, 7) is 1.96. The van der Waals surface area contributed by atoms with Gasteiger partial charge in [-0.05, 0) is 10.9 Å². The van der Waals surface area contributed by atoms with Crippen LogP contribution in [-0.2, 0) is 4.79 Å². The Hall–Kier alpha value is -1.42. The van der Waals surface area contributed by atoms with Gasteiger partial charge in [-0.3, -0.25) is 9.59 Å². The van der Waals surface area contributed by atoms with Crippen LogP contribution in [0.15, 0.2) is 16.8 Å². The maximum absolute atomic E-state index is 10.5. The molecule has 4 heteroatoms. The molecule has 0 atom stereocenters. The Balaban J connectivity index is 2.51. The minimum absolute atomic E-state index is 0.0596. The van der Waals surface area contributed by atoms with Gasteiger partial charge in [0.05, 0.1) is 0 Å². The number of rotatable bonds is 4. The lowest BCUT2D eigenvalue weighted by molar-refractivity contribution is -0.118. The van der Waals surface area contributed by atoms with Crippen molar-refractivity contribution in [2.75, 3.05) is 6.54 Å². The molecule has 1 rings (SSSR count). The number of thiophene rings is 1. The van der Waals surface area contributed by atoms with Crippen molar-refractivity contribution in [3.63, 3.8) is 0 Å². The van der Waals surface area contributed by atoms with Crippen LogP contribution in [0.1, 0.15) is 22.8 Å². The maximum Gasteiger partial charge on any atom is 0.217 e. The number of carbonyl (C=O) groups excluding carboxylic acids is 2. The molecule has 1 heterocycles. The normalized spacial score (nSPS) is 10.4. The van der Waals surface area contributed by atoms with Crippen molar-refractivity contribution >= 4 is 29.6 Å². The molecule has 0 radical (unpaired) electrons. The van der Waals surface area contributed by atoms with E-state index in [9.17, 15) is 9.59 Å². The van der Waals surface area contributed by atoms with E-state index in [4.69, 9.17) is 0 Å². The topological polar surface area (TPSA) is 46.2 Å². The Morgan fingerprint density at radius 2 is 2.21 bits per heavy atom. The van der Waals surface area contributed by atoms with Crippen LogP contribution in [0.2, 0.25) is 0 Å². The van der Waals surface area contributed by atoms with E-state index in [0.29, 0.717) is 12.1 Å². The van der Waals surface area contributed by atoms with Gasteiger partial charge >= 0.3 is 0 Å². The number of amides is 1. The van der Waals surface area contributed by atoms with Crippen LogP contribution < -0.4 is 5.32 Å². The van der Waals surface area contributed by atoms with E-state index < -0.39 is 0 Å². The van der Waals surface area contributed by atoms with E-state index in [-0.39, 0.29) is 5.91 Å². The van der Waals surface area contributed by atoms with Crippen molar-refractivity contribution in [1.29, 1.82) is 0 Å². The van der Waals surface area contributed by atoms with Gasteiger partial charge in [-0.15, -0.1) is 0 Å². The highest BCUT2D eigenvalue weighted by molar-refractivity contribution is 7.08. The molecule has 1 aromatic heterocycles. The van der Waals surface area contributed by atoms with Gasteiger partial charge in [0.1, 0.15) is 0 Å². The highest BCUT2D eigenvalue weighted by Gasteiger charge is 1.97. The van der Waals surface area contributed by atoms with Crippen LogP contribution in [0.3, 0.4) is 0 Å². The zero-order chi connectivity index (χ0) is 10.4. The lowest BCUT2D eigenvalue weighted by Crippen LogP contribution is -2.19. The summed E-state index contributed by atoms with van der Waals surface area (Å²) in [5.74, 6) is -0.0596. The first kappa shape index (κ1) is 10.7. The van der Waals surface area contributed by atoms with Gasteiger partial charge in [0.15, 0.2) is 6.29 Å². The lowest BCUT2D eigenvalue weighted by atomic mass is 10.2. The summed E-state index contributed by atoms with van der Waals surface area (Å²) < 4.78 is 0. The van der Waals surface area contributed by atoms with Gasteiger partial charge in [0, 0.05) is 24.4 Å². The third-order valence-corrected chi connectivity index (χ3v) is 2.40. The SMILES string of the molecule is CC(=O)NCC=Cc1cscc1C=O. The predicted molar refractivity (Wildman–Crippen MR) is 57.4 cm³/mol. The molecule has 3 nitrogen and oxygen atoms in total. The number of hydrogen-bond acceptors (Lipinski definition) is 3. The van der Waals surface area contributed by atoms with Crippen molar-refractivity contribution < 1.29 is 9.59 Å². The second-order valence-corrected chi connectivity index (χ2v) is 3.48. The van der Waals surface area contributed by atoms with Crippen LogP contribution in [-0.4, -0.2) is 18.7 Å². The van der Waals surface area contributed by atoms with Crippen LogP contribution in [0, 0.1) is 0 Å². The van der Waals surface area contributed by atoms with Gasteiger partial charge in [0.2, 0.25) is 5.91 Å². The molecular weight excluding hydrogens is 198 g/mol. The fraction of sp³-hybridized carbons (Fsp3) is 0.200. The molecule has 0 saturated carbocycles. The Kier molecular flexibility index (Phi) is 4.07. The van der Waals surface area contributed by atoms with E-state index in [1.807, 2.05) is 17.5 Å². The van der Waals surface area contributed by atoms with Crippen molar-refractivity contribution in [2.45, 2.75) is 6.92 Å². The van der Waals surface area contributed by atoms with Crippen LogP contribution in [0.25, 0.3) is 6.08 Å². The fourth-order valence-electron chi connectivity index (χ4n) is 0.937. The first-order valence-electron chi connectivity index (χ1n) is 4.16. The summed E-state index contributed by atoms with van der Waals surface area (Å²) in [6.07, 6.45) is 4.47. The van der Waals surface area contributed by atoms with Crippen LogP contribution in [0.4, 0.5) is 0 Å². The van der Waals surface area contributed by atoms with E-state index >= 15 is 0 Å². The molecule has 0 bridgehead atoms.